The molecule has 0 unspecified atom stereocenters. The van der Waals surface area contributed by atoms with Crippen LogP contribution in [-0.2, 0) is 0 Å². The molecule has 2 aromatic rings. The standard InChI is InChI=1S/C13H14FN3O/c1-13(2,3)12(18)9-5-4-6-10(14)11(9)17-15-7-8-16-17/h4-8H,1-3H3. The van der Waals surface area contributed by atoms with E-state index in [1.807, 2.05) is 0 Å². The highest BCUT2D eigenvalue weighted by molar-refractivity contribution is 6.02. The van der Waals surface area contributed by atoms with Crippen LogP contribution in [0.5, 0.6) is 0 Å². The van der Waals surface area contributed by atoms with Crippen molar-refractivity contribution in [1.29, 1.82) is 0 Å². The second-order valence-electron chi connectivity index (χ2n) is 5.03. The lowest BCUT2D eigenvalue weighted by molar-refractivity contribution is 0.0857. The number of benzene rings is 1. The predicted octanol–water partition coefficient (Wildman–Crippen LogP) is 2.64. The molecule has 94 valence electrons. The molecule has 0 radical (unpaired) electrons. The Kier molecular flexibility index (Phi) is 2.98. The van der Waals surface area contributed by atoms with Crippen LogP contribution in [0.4, 0.5) is 4.39 Å². The molecule has 0 fully saturated rings. The van der Waals surface area contributed by atoms with E-state index in [2.05, 4.69) is 10.2 Å². The van der Waals surface area contributed by atoms with Gasteiger partial charge in [0.1, 0.15) is 5.69 Å². The van der Waals surface area contributed by atoms with Gasteiger partial charge in [0.25, 0.3) is 0 Å². The first-order valence-corrected chi connectivity index (χ1v) is 5.61. The van der Waals surface area contributed by atoms with E-state index in [9.17, 15) is 9.18 Å². The van der Waals surface area contributed by atoms with Crippen molar-refractivity contribution in [2.75, 3.05) is 0 Å². The van der Waals surface area contributed by atoms with Gasteiger partial charge in [-0.2, -0.15) is 10.2 Å². The maximum Gasteiger partial charge on any atom is 0.170 e. The summed E-state index contributed by atoms with van der Waals surface area (Å²) in [7, 11) is 0. The Morgan fingerprint density at radius 3 is 2.39 bits per heavy atom. The Balaban J connectivity index is 2.63. The van der Waals surface area contributed by atoms with Crippen LogP contribution in [0, 0.1) is 11.2 Å². The summed E-state index contributed by atoms with van der Waals surface area (Å²) in [6.07, 6.45) is 2.88. The topological polar surface area (TPSA) is 47.8 Å². The molecular weight excluding hydrogens is 233 g/mol. The van der Waals surface area contributed by atoms with E-state index in [0.717, 1.165) is 4.80 Å². The number of halogens is 1. The summed E-state index contributed by atoms with van der Waals surface area (Å²) in [6, 6.07) is 4.40. The van der Waals surface area contributed by atoms with Gasteiger partial charge in [0, 0.05) is 11.0 Å². The molecule has 0 bridgehead atoms. The van der Waals surface area contributed by atoms with E-state index < -0.39 is 11.2 Å². The summed E-state index contributed by atoms with van der Waals surface area (Å²) in [5, 5.41) is 7.77. The Morgan fingerprint density at radius 2 is 1.83 bits per heavy atom. The molecule has 2 rings (SSSR count). The Labute approximate surface area is 104 Å². The van der Waals surface area contributed by atoms with Gasteiger partial charge in [0.05, 0.1) is 12.4 Å². The average Bonchev–Trinajstić information content (AvgIpc) is 2.79. The minimum atomic E-state index is -0.588. The smallest absolute Gasteiger partial charge is 0.170 e. The van der Waals surface area contributed by atoms with Crippen molar-refractivity contribution in [3.63, 3.8) is 0 Å². The molecule has 0 aliphatic rings. The predicted molar refractivity (Wildman–Crippen MR) is 65.1 cm³/mol. The second-order valence-corrected chi connectivity index (χ2v) is 5.03. The number of rotatable bonds is 2. The van der Waals surface area contributed by atoms with Crippen molar-refractivity contribution < 1.29 is 9.18 Å². The van der Waals surface area contributed by atoms with Crippen molar-refractivity contribution in [3.05, 3.63) is 42.0 Å². The third-order valence-electron chi connectivity index (χ3n) is 2.53. The summed E-state index contributed by atoms with van der Waals surface area (Å²) in [5.41, 5.74) is -0.198. The molecule has 0 N–H and O–H groups in total. The summed E-state index contributed by atoms with van der Waals surface area (Å²) in [5.74, 6) is -0.657. The number of ketones is 1. The summed E-state index contributed by atoms with van der Waals surface area (Å²) in [6.45, 7) is 5.38. The Morgan fingerprint density at radius 1 is 1.22 bits per heavy atom. The molecule has 0 aliphatic carbocycles. The van der Waals surface area contributed by atoms with Crippen LogP contribution in [0.15, 0.2) is 30.6 Å². The number of aromatic nitrogens is 3. The lowest BCUT2D eigenvalue weighted by Gasteiger charge is -2.18. The van der Waals surface area contributed by atoms with Crippen molar-refractivity contribution in [2.45, 2.75) is 20.8 Å². The molecule has 1 heterocycles. The van der Waals surface area contributed by atoms with Crippen LogP contribution in [0.3, 0.4) is 0 Å². The number of Topliss-reactive ketones (excluding diaryl/α,β-unsaturated/α-hetero) is 1. The fraction of sp³-hybridized carbons (Fsp3) is 0.308. The van der Waals surface area contributed by atoms with Gasteiger partial charge in [-0.25, -0.2) is 4.39 Å². The quantitative estimate of drug-likeness (QED) is 0.766. The summed E-state index contributed by atoms with van der Waals surface area (Å²) >= 11 is 0. The average molecular weight is 247 g/mol. The monoisotopic (exact) mass is 247 g/mol. The molecule has 0 aliphatic heterocycles. The van der Waals surface area contributed by atoms with E-state index >= 15 is 0 Å². The second kappa shape index (κ2) is 4.33. The van der Waals surface area contributed by atoms with Gasteiger partial charge in [0.15, 0.2) is 11.6 Å². The minimum absolute atomic E-state index is 0.0995. The van der Waals surface area contributed by atoms with Crippen molar-refractivity contribution in [2.24, 2.45) is 5.41 Å². The highest BCUT2D eigenvalue weighted by Crippen LogP contribution is 2.26. The molecule has 0 spiro atoms. The number of hydrogen-bond donors (Lipinski definition) is 0. The SMILES string of the molecule is CC(C)(C)C(=O)c1cccc(F)c1-n1nccn1. The first-order chi connectivity index (χ1) is 8.41. The molecular formula is C13H14FN3O. The highest BCUT2D eigenvalue weighted by Gasteiger charge is 2.27. The summed E-state index contributed by atoms with van der Waals surface area (Å²) < 4.78 is 13.9. The van der Waals surface area contributed by atoms with Crippen LogP contribution in [0.25, 0.3) is 5.69 Å². The summed E-state index contributed by atoms with van der Waals surface area (Å²) in [4.78, 5) is 13.4. The maximum absolute atomic E-state index is 13.9. The van der Waals surface area contributed by atoms with Gasteiger partial charge in [-0.3, -0.25) is 4.79 Å². The zero-order valence-electron chi connectivity index (χ0n) is 10.5. The van der Waals surface area contributed by atoms with Gasteiger partial charge in [-0.05, 0) is 12.1 Å². The van der Waals surface area contributed by atoms with Crippen LogP contribution in [0.2, 0.25) is 0 Å². The third kappa shape index (κ3) is 2.16. The fourth-order valence-electron chi connectivity index (χ4n) is 1.64. The van der Waals surface area contributed by atoms with Gasteiger partial charge in [-0.1, -0.05) is 26.8 Å². The van der Waals surface area contributed by atoms with Gasteiger partial charge in [0.2, 0.25) is 0 Å². The lowest BCUT2D eigenvalue weighted by Crippen LogP contribution is -2.23. The number of carbonyl (C=O) groups excluding carboxylic acids is 1. The number of carbonyl (C=O) groups is 1. The third-order valence-corrected chi connectivity index (χ3v) is 2.53. The molecule has 0 atom stereocenters. The first-order valence-electron chi connectivity index (χ1n) is 5.61. The van der Waals surface area contributed by atoms with E-state index in [1.54, 1.807) is 26.8 Å². The maximum atomic E-state index is 13.9. The van der Waals surface area contributed by atoms with Crippen molar-refractivity contribution in [1.82, 2.24) is 15.0 Å². The van der Waals surface area contributed by atoms with E-state index in [0.29, 0.717) is 5.56 Å². The lowest BCUT2D eigenvalue weighted by atomic mass is 9.86. The zero-order chi connectivity index (χ0) is 13.3. The molecule has 0 saturated carbocycles. The number of hydrogen-bond acceptors (Lipinski definition) is 3. The Hall–Kier alpha value is -2.04. The molecule has 1 aromatic carbocycles. The molecule has 0 amide bonds. The normalized spacial score (nSPS) is 11.6. The van der Waals surface area contributed by atoms with Gasteiger partial charge in [-0.15, -0.1) is 4.80 Å². The zero-order valence-corrected chi connectivity index (χ0v) is 10.5. The molecule has 0 saturated heterocycles. The van der Waals surface area contributed by atoms with Crippen molar-refractivity contribution >= 4 is 5.78 Å². The van der Waals surface area contributed by atoms with Crippen LogP contribution in [0.1, 0.15) is 31.1 Å². The Bertz CT molecular complexity index is 570. The molecule has 1 aromatic heterocycles. The fourth-order valence-corrected chi connectivity index (χ4v) is 1.64. The van der Waals surface area contributed by atoms with Gasteiger partial charge < -0.3 is 0 Å². The number of nitrogens with zero attached hydrogens (tertiary/aromatic N) is 3. The molecule has 4 nitrogen and oxygen atoms in total. The van der Waals surface area contributed by atoms with Crippen LogP contribution in [-0.4, -0.2) is 20.8 Å². The van der Waals surface area contributed by atoms with E-state index in [-0.39, 0.29) is 11.5 Å². The van der Waals surface area contributed by atoms with Crippen molar-refractivity contribution in [3.8, 4) is 5.69 Å². The first kappa shape index (κ1) is 12.4. The van der Waals surface area contributed by atoms with E-state index in [1.165, 1.54) is 24.5 Å². The molecule has 18 heavy (non-hydrogen) atoms. The van der Waals surface area contributed by atoms with Crippen LogP contribution < -0.4 is 0 Å². The number of para-hydroxylation sites is 1. The largest absolute Gasteiger partial charge is 0.294 e. The minimum Gasteiger partial charge on any atom is -0.294 e. The van der Waals surface area contributed by atoms with Gasteiger partial charge >= 0.3 is 0 Å². The highest BCUT2D eigenvalue weighted by atomic mass is 19.1. The van der Waals surface area contributed by atoms with Crippen LogP contribution >= 0.6 is 0 Å². The molecule has 5 heteroatoms. The van der Waals surface area contributed by atoms with E-state index in [4.69, 9.17) is 0 Å².